The van der Waals surface area contributed by atoms with Gasteiger partial charge in [0.1, 0.15) is 0 Å². The third-order valence-electron chi connectivity index (χ3n) is 3.14. The van der Waals surface area contributed by atoms with Gasteiger partial charge in [-0.05, 0) is 37.5 Å². The first kappa shape index (κ1) is 17.6. The summed E-state index contributed by atoms with van der Waals surface area (Å²) in [5.74, 6) is 0. The molecule has 0 aliphatic heterocycles. The summed E-state index contributed by atoms with van der Waals surface area (Å²) in [5, 5.41) is 16.0. The largest absolute Gasteiger partial charge is 0.371 e. The molecule has 0 atom stereocenters. The molecule has 0 radical (unpaired) electrons. The Morgan fingerprint density at radius 3 is 2.52 bits per heavy atom. The van der Waals surface area contributed by atoms with Crippen LogP contribution in [0.3, 0.4) is 0 Å². The van der Waals surface area contributed by atoms with Crippen molar-refractivity contribution in [3.63, 3.8) is 0 Å². The lowest BCUT2D eigenvalue weighted by molar-refractivity contribution is -0.380. The Morgan fingerprint density at radius 1 is 1.17 bits per heavy atom. The number of hydrogen-bond donors (Lipinski definition) is 1. The van der Waals surface area contributed by atoms with Crippen molar-refractivity contribution in [2.45, 2.75) is 46.1 Å². The van der Waals surface area contributed by atoms with Crippen molar-refractivity contribution in [1.29, 1.82) is 0 Å². The average Bonchev–Trinajstić information content (AvgIpc) is 2.94. The number of nitrogens with zero attached hydrogens (tertiary/aromatic N) is 1. The van der Waals surface area contributed by atoms with Crippen LogP contribution >= 0.6 is 11.3 Å². The predicted molar refractivity (Wildman–Crippen MR) is 92.5 cm³/mol. The van der Waals surface area contributed by atoms with Gasteiger partial charge in [-0.3, -0.25) is 10.1 Å². The van der Waals surface area contributed by atoms with Crippen molar-refractivity contribution in [3.05, 3.63) is 62.5 Å². The van der Waals surface area contributed by atoms with E-state index in [1.165, 1.54) is 5.56 Å². The quantitative estimate of drug-likeness (QED) is 0.607. The summed E-state index contributed by atoms with van der Waals surface area (Å²) >= 11 is 1.16. The standard InChI is InChI=1S/C17H22N2O3S/c1-17(2,3)22-11-14-6-4-5-13(7-14)9-18-10-15-8-16(19(20)21)23-12-15/h4-8,12,18H,9-11H2,1-3H3. The number of ether oxygens (including phenoxy) is 1. The van der Waals surface area contributed by atoms with Crippen LogP contribution in [0, 0.1) is 10.1 Å². The summed E-state index contributed by atoms with van der Waals surface area (Å²) in [5.41, 5.74) is 3.10. The number of hydrogen-bond acceptors (Lipinski definition) is 5. The van der Waals surface area contributed by atoms with Gasteiger partial charge in [-0.15, -0.1) is 0 Å². The molecule has 2 rings (SSSR count). The van der Waals surface area contributed by atoms with Gasteiger partial charge < -0.3 is 10.1 Å². The number of rotatable bonds is 7. The zero-order chi connectivity index (χ0) is 16.9. The molecule has 0 amide bonds. The molecular weight excluding hydrogens is 312 g/mol. The summed E-state index contributed by atoms with van der Waals surface area (Å²) in [6.07, 6.45) is 0. The second kappa shape index (κ2) is 7.68. The molecule has 1 heterocycles. The zero-order valence-electron chi connectivity index (χ0n) is 13.7. The summed E-state index contributed by atoms with van der Waals surface area (Å²) in [6, 6.07) is 9.87. The molecule has 0 fully saturated rings. The van der Waals surface area contributed by atoms with Gasteiger partial charge in [0, 0.05) is 24.5 Å². The highest BCUT2D eigenvalue weighted by molar-refractivity contribution is 7.13. The lowest BCUT2D eigenvalue weighted by Crippen LogP contribution is -2.18. The Kier molecular flexibility index (Phi) is 5.87. The third-order valence-corrected chi connectivity index (χ3v) is 4.07. The highest BCUT2D eigenvalue weighted by Gasteiger charge is 2.10. The predicted octanol–water partition coefficient (Wildman–Crippen LogP) is 4.26. The molecule has 5 nitrogen and oxygen atoms in total. The molecule has 0 unspecified atom stereocenters. The Labute approximate surface area is 140 Å². The van der Waals surface area contributed by atoms with Gasteiger partial charge in [-0.25, -0.2) is 0 Å². The van der Waals surface area contributed by atoms with Crippen LogP contribution in [0.1, 0.15) is 37.5 Å². The first-order valence-corrected chi connectivity index (χ1v) is 8.36. The van der Waals surface area contributed by atoms with Crippen molar-refractivity contribution in [1.82, 2.24) is 5.32 Å². The van der Waals surface area contributed by atoms with E-state index in [4.69, 9.17) is 4.74 Å². The van der Waals surface area contributed by atoms with Gasteiger partial charge in [-0.2, -0.15) is 0 Å². The van der Waals surface area contributed by atoms with E-state index >= 15 is 0 Å². The molecule has 124 valence electrons. The average molecular weight is 334 g/mol. The topological polar surface area (TPSA) is 64.4 Å². The van der Waals surface area contributed by atoms with E-state index < -0.39 is 0 Å². The van der Waals surface area contributed by atoms with Gasteiger partial charge in [0.15, 0.2) is 0 Å². The Hall–Kier alpha value is -1.76. The molecule has 0 saturated carbocycles. The zero-order valence-corrected chi connectivity index (χ0v) is 14.5. The van der Waals surface area contributed by atoms with Crippen molar-refractivity contribution in [2.24, 2.45) is 0 Å². The minimum atomic E-state index is -0.354. The monoisotopic (exact) mass is 334 g/mol. The molecule has 1 aromatic carbocycles. The highest BCUT2D eigenvalue weighted by Crippen LogP contribution is 2.22. The van der Waals surface area contributed by atoms with Gasteiger partial charge in [0.05, 0.1) is 17.1 Å². The van der Waals surface area contributed by atoms with Crippen LogP contribution in [0.5, 0.6) is 0 Å². The van der Waals surface area contributed by atoms with E-state index in [0.29, 0.717) is 19.7 Å². The molecule has 0 aliphatic carbocycles. The molecule has 2 aromatic rings. The maximum atomic E-state index is 10.7. The van der Waals surface area contributed by atoms with E-state index in [1.54, 1.807) is 6.07 Å². The summed E-state index contributed by atoms with van der Waals surface area (Å²) < 4.78 is 5.79. The fourth-order valence-electron chi connectivity index (χ4n) is 2.03. The van der Waals surface area contributed by atoms with Crippen molar-refractivity contribution in [3.8, 4) is 0 Å². The smallest absolute Gasteiger partial charge is 0.324 e. The van der Waals surface area contributed by atoms with Crippen LogP contribution < -0.4 is 5.32 Å². The summed E-state index contributed by atoms with van der Waals surface area (Å²) in [7, 11) is 0. The number of benzene rings is 1. The van der Waals surface area contributed by atoms with E-state index in [0.717, 1.165) is 22.5 Å². The normalized spacial score (nSPS) is 11.6. The van der Waals surface area contributed by atoms with Crippen molar-refractivity contribution >= 4 is 16.3 Å². The molecule has 0 spiro atoms. The maximum Gasteiger partial charge on any atom is 0.324 e. The SMILES string of the molecule is CC(C)(C)OCc1cccc(CNCc2csc([N+](=O)[O-])c2)c1. The van der Waals surface area contributed by atoms with E-state index in [-0.39, 0.29) is 15.5 Å². The van der Waals surface area contributed by atoms with Crippen LogP contribution in [-0.4, -0.2) is 10.5 Å². The van der Waals surface area contributed by atoms with Crippen LogP contribution in [0.2, 0.25) is 0 Å². The van der Waals surface area contributed by atoms with E-state index in [1.807, 2.05) is 32.2 Å². The second-order valence-corrected chi connectivity index (χ2v) is 7.26. The highest BCUT2D eigenvalue weighted by atomic mass is 32.1. The molecular formula is C17H22N2O3S. The second-order valence-electron chi connectivity index (χ2n) is 6.37. The minimum Gasteiger partial charge on any atom is -0.371 e. The first-order valence-electron chi connectivity index (χ1n) is 7.48. The summed E-state index contributed by atoms with van der Waals surface area (Å²) in [6.45, 7) is 8.05. The minimum absolute atomic E-state index is 0.151. The van der Waals surface area contributed by atoms with Crippen molar-refractivity contribution < 1.29 is 9.66 Å². The van der Waals surface area contributed by atoms with Crippen molar-refractivity contribution in [2.75, 3.05) is 0 Å². The molecule has 6 heteroatoms. The van der Waals surface area contributed by atoms with Gasteiger partial charge in [0.2, 0.25) is 0 Å². The molecule has 1 aromatic heterocycles. The van der Waals surface area contributed by atoms with E-state index in [2.05, 4.69) is 23.5 Å². The number of nitro groups is 1. The Morgan fingerprint density at radius 2 is 1.87 bits per heavy atom. The van der Waals surface area contributed by atoms with E-state index in [9.17, 15) is 10.1 Å². The molecule has 1 N–H and O–H groups in total. The number of thiophene rings is 1. The lowest BCUT2D eigenvalue weighted by atomic mass is 10.1. The van der Waals surface area contributed by atoms with Gasteiger partial charge in [0.25, 0.3) is 0 Å². The fourth-order valence-corrected chi connectivity index (χ4v) is 2.76. The molecule has 0 saturated heterocycles. The van der Waals surface area contributed by atoms with Crippen LogP contribution in [0.25, 0.3) is 0 Å². The molecule has 0 bridgehead atoms. The number of nitrogens with one attached hydrogen (secondary N) is 1. The third kappa shape index (κ3) is 6.09. The van der Waals surface area contributed by atoms with Crippen LogP contribution in [0.15, 0.2) is 35.7 Å². The van der Waals surface area contributed by atoms with Gasteiger partial charge in [-0.1, -0.05) is 35.6 Å². The first-order chi connectivity index (χ1) is 10.8. The lowest BCUT2D eigenvalue weighted by Gasteiger charge is -2.19. The fraction of sp³-hybridized carbons (Fsp3) is 0.412. The Balaban J connectivity index is 1.84. The van der Waals surface area contributed by atoms with Crippen LogP contribution in [-0.2, 0) is 24.4 Å². The van der Waals surface area contributed by atoms with Crippen LogP contribution in [0.4, 0.5) is 5.00 Å². The summed E-state index contributed by atoms with van der Waals surface area (Å²) in [4.78, 5) is 10.3. The van der Waals surface area contributed by atoms with Gasteiger partial charge >= 0.3 is 5.00 Å². The molecule has 23 heavy (non-hydrogen) atoms. The maximum absolute atomic E-state index is 10.7. The Bertz CT molecular complexity index is 662. The molecule has 0 aliphatic rings.